The molecule has 5 rings (SSSR count). The molecule has 0 saturated carbocycles. The van der Waals surface area contributed by atoms with Crippen molar-refractivity contribution in [2.45, 2.75) is 0 Å². The van der Waals surface area contributed by atoms with Crippen LogP contribution in [0.1, 0.15) is 32.1 Å². The number of para-hydroxylation sites is 2. The maximum atomic E-state index is 12.5. The summed E-state index contributed by atoms with van der Waals surface area (Å²) in [5.41, 5.74) is 8.02. The van der Waals surface area contributed by atoms with Crippen LogP contribution in [0.15, 0.2) is 95.7 Å². The van der Waals surface area contributed by atoms with Crippen molar-refractivity contribution in [2.24, 2.45) is 10.2 Å². The van der Waals surface area contributed by atoms with E-state index < -0.39 is 11.8 Å². The van der Waals surface area contributed by atoms with E-state index in [0.29, 0.717) is 0 Å². The number of rotatable bonds is 6. The molecule has 0 spiro atoms. The number of hydrogen-bond donors (Lipinski definition) is 2. The number of aromatic nitrogens is 4. The fourth-order valence-electron chi connectivity index (χ4n) is 3.50. The number of carbonyl (C=O) groups is 2. The Bertz CT molecular complexity index is 1520. The summed E-state index contributed by atoms with van der Waals surface area (Å²) in [6, 6.07) is 20.1. The highest BCUT2D eigenvalue weighted by Gasteiger charge is 2.12. The quantitative estimate of drug-likeness (QED) is 0.287. The molecule has 3 heterocycles. The van der Waals surface area contributed by atoms with Gasteiger partial charge in [-0.1, -0.05) is 36.4 Å². The number of hydrogen-bond acceptors (Lipinski definition) is 8. The lowest BCUT2D eigenvalue weighted by Crippen LogP contribution is -2.23. The SMILES string of the molecule is O=C(NN=Cc1ccnc2ccccc12)c1cc(C(=O)NN=Cc2ccnc3ccccc23)ncn1. The predicted octanol–water partition coefficient (Wildman–Crippen LogP) is 3.10. The Balaban J connectivity index is 1.24. The maximum absolute atomic E-state index is 12.5. The van der Waals surface area contributed by atoms with Crippen molar-refractivity contribution in [3.8, 4) is 0 Å². The summed E-state index contributed by atoms with van der Waals surface area (Å²) in [7, 11) is 0. The monoisotopic (exact) mass is 474 g/mol. The molecule has 0 aliphatic carbocycles. The summed E-state index contributed by atoms with van der Waals surface area (Å²) in [4.78, 5) is 41.4. The smallest absolute Gasteiger partial charge is 0.266 e. The molecule has 0 aliphatic rings. The minimum absolute atomic E-state index is 0.0176. The van der Waals surface area contributed by atoms with Gasteiger partial charge >= 0.3 is 0 Å². The Kier molecular flexibility index (Phi) is 6.39. The molecular weight excluding hydrogens is 456 g/mol. The topological polar surface area (TPSA) is 134 Å². The van der Waals surface area contributed by atoms with Crippen LogP contribution in [0.3, 0.4) is 0 Å². The minimum atomic E-state index is -0.590. The molecule has 0 radical (unpaired) electrons. The molecule has 0 atom stereocenters. The second kappa shape index (κ2) is 10.3. The van der Waals surface area contributed by atoms with Crippen molar-refractivity contribution < 1.29 is 9.59 Å². The maximum Gasteiger partial charge on any atom is 0.290 e. The normalized spacial score (nSPS) is 11.3. The van der Waals surface area contributed by atoms with Crippen LogP contribution in [0.5, 0.6) is 0 Å². The molecule has 2 N–H and O–H groups in total. The molecule has 36 heavy (non-hydrogen) atoms. The molecule has 0 aliphatic heterocycles. The fraction of sp³-hybridized carbons (Fsp3) is 0. The summed E-state index contributed by atoms with van der Waals surface area (Å²) in [5, 5.41) is 9.82. The largest absolute Gasteiger partial charge is 0.290 e. The summed E-state index contributed by atoms with van der Waals surface area (Å²) < 4.78 is 0. The molecule has 10 heteroatoms. The van der Waals surface area contributed by atoms with Gasteiger partial charge in [0.2, 0.25) is 0 Å². The summed E-state index contributed by atoms with van der Waals surface area (Å²) in [6.07, 6.45) is 7.51. The zero-order chi connectivity index (χ0) is 24.7. The van der Waals surface area contributed by atoms with E-state index >= 15 is 0 Å². The number of fused-ring (bicyclic) bond motifs is 2. The highest BCUT2D eigenvalue weighted by atomic mass is 16.2. The van der Waals surface area contributed by atoms with E-state index in [-0.39, 0.29) is 11.4 Å². The van der Waals surface area contributed by atoms with Gasteiger partial charge in [0.05, 0.1) is 23.5 Å². The number of amides is 2. The molecule has 174 valence electrons. The number of nitrogens with one attached hydrogen (secondary N) is 2. The summed E-state index contributed by atoms with van der Waals surface area (Å²) >= 11 is 0. The molecule has 0 unspecified atom stereocenters. The molecule has 0 fully saturated rings. The number of nitrogens with zero attached hydrogens (tertiary/aromatic N) is 6. The van der Waals surface area contributed by atoms with Crippen molar-refractivity contribution in [1.82, 2.24) is 30.8 Å². The van der Waals surface area contributed by atoms with Crippen LogP contribution in [0.4, 0.5) is 0 Å². The first-order valence-electron chi connectivity index (χ1n) is 10.9. The lowest BCUT2D eigenvalue weighted by molar-refractivity contribution is 0.0948. The Morgan fingerprint density at radius 3 is 1.61 bits per heavy atom. The van der Waals surface area contributed by atoms with Gasteiger partial charge in [0, 0.05) is 40.4 Å². The van der Waals surface area contributed by atoms with Gasteiger partial charge in [-0.05, 0) is 24.3 Å². The first-order valence-corrected chi connectivity index (χ1v) is 10.9. The first-order chi connectivity index (χ1) is 17.7. The second-order valence-electron chi connectivity index (χ2n) is 7.52. The summed E-state index contributed by atoms with van der Waals surface area (Å²) in [5.74, 6) is -1.18. The summed E-state index contributed by atoms with van der Waals surface area (Å²) in [6.45, 7) is 0. The van der Waals surface area contributed by atoms with E-state index in [0.717, 1.165) is 39.3 Å². The van der Waals surface area contributed by atoms with Gasteiger partial charge in [-0.15, -0.1) is 0 Å². The highest BCUT2D eigenvalue weighted by Crippen LogP contribution is 2.15. The molecule has 2 amide bonds. The Hall–Kier alpha value is -5.38. The van der Waals surface area contributed by atoms with Gasteiger partial charge in [0.15, 0.2) is 0 Å². The van der Waals surface area contributed by atoms with E-state index in [4.69, 9.17) is 0 Å². The molecule has 10 nitrogen and oxygen atoms in total. The Morgan fingerprint density at radius 1 is 0.639 bits per heavy atom. The van der Waals surface area contributed by atoms with Crippen molar-refractivity contribution in [3.63, 3.8) is 0 Å². The van der Waals surface area contributed by atoms with Crippen LogP contribution in [0, 0.1) is 0 Å². The number of carbonyl (C=O) groups excluding carboxylic acids is 2. The van der Waals surface area contributed by atoms with Gasteiger partial charge in [-0.2, -0.15) is 10.2 Å². The number of benzene rings is 2. The molecule has 5 aromatic rings. The van der Waals surface area contributed by atoms with Crippen LogP contribution in [0.25, 0.3) is 21.8 Å². The van der Waals surface area contributed by atoms with Gasteiger partial charge in [-0.3, -0.25) is 19.6 Å². The first kappa shape index (κ1) is 22.4. The van der Waals surface area contributed by atoms with E-state index in [1.54, 1.807) is 24.5 Å². The van der Waals surface area contributed by atoms with E-state index in [1.165, 1.54) is 18.5 Å². The van der Waals surface area contributed by atoms with Crippen LogP contribution < -0.4 is 10.9 Å². The number of pyridine rings is 2. The molecule has 0 saturated heterocycles. The minimum Gasteiger partial charge on any atom is -0.266 e. The standard InChI is InChI=1S/C26H18N8O2/c35-25(33-31-14-17-9-11-27-21-7-3-1-5-19(17)21)23-13-24(30-16-29-23)26(36)34-32-15-18-10-12-28-22-8-4-2-6-20(18)22/h1-16H,(H,33,35)(H,34,36). The van der Waals surface area contributed by atoms with Crippen LogP contribution in [0.2, 0.25) is 0 Å². The van der Waals surface area contributed by atoms with Crippen molar-refractivity contribution in [1.29, 1.82) is 0 Å². The highest BCUT2D eigenvalue weighted by molar-refractivity contribution is 6.01. The Morgan fingerprint density at radius 2 is 1.11 bits per heavy atom. The third-order valence-electron chi connectivity index (χ3n) is 5.24. The van der Waals surface area contributed by atoms with Crippen LogP contribution in [-0.4, -0.2) is 44.2 Å². The third kappa shape index (κ3) is 4.92. The number of hydrazone groups is 2. The van der Waals surface area contributed by atoms with Gasteiger partial charge in [0.25, 0.3) is 11.8 Å². The lowest BCUT2D eigenvalue weighted by atomic mass is 10.1. The second-order valence-corrected chi connectivity index (χ2v) is 7.52. The van der Waals surface area contributed by atoms with Crippen molar-refractivity contribution in [3.05, 3.63) is 108 Å². The van der Waals surface area contributed by atoms with Crippen LogP contribution in [-0.2, 0) is 0 Å². The van der Waals surface area contributed by atoms with E-state index in [9.17, 15) is 9.59 Å². The average Bonchev–Trinajstić information content (AvgIpc) is 2.93. The zero-order valence-corrected chi connectivity index (χ0v) is 18.7. The molecular formula is C26H18N8O2. The Labute approximate surface area is 204 Å². The van der Waals surface area contributed by atoms with E-state index in [2.05, 4.69) is 41.0 Å². The predicted molar refractivity (Wildman–Crippen MR) is 136 cm³/mol. The third-order valence-corrected chi connectivity index (χ3v) is 5.24. The molecule has 3 aromatic heterocycles. The lowest BCUT2D eigenvalue weighted by Gasteiger charge is -2.03. The van der Waals surface area contributed by atoms with Gasteiger partial charge in [0.1, 0.15) is 17.7 Å². The average molecular weight is 474 g/mol. The molecule has 2 aromatic carbocycles. The van der Waals surface area contributed by atoms with Crippen molar-refractivity contribution in [2.75, 3.05) is 0 Å². The molecule has 0 bridgehead atoms. The van der Waals surface area contributed by atoms with Gasteiger partial charge < -0.3 is 0 Å². The van der Waals surface area contributed by atoms with Crippen molar-refractivity contribution >= 4 is 46.0 Å². The zero-order valence-electron chi connectivity index (χ0n) is 18.7. The van der Waals surface area contributed by atoms with Crippen LogP contribution >= 0.6 is 0 Å². The fourth-order valence-corrected chi connectivity index (χ4v) is 3.50. The van der Waals surface area contributed by atoms with E-state index in [1.807, 2.05) is 48.5 Å². The van der Waals surface area contributed by atoms with Gasteiger partial charge in [-0.25, -0.2) is 20.8 Å².